The molecular formula is C14H13F4NO4. The molecule has 5 nitrogen and oxygen atoms in total. The van der Waals surface area contributed by atoms with Crippen molar-refractivity contribution in [3.63, 3.8) is 0 Å². The van der Waals surface area contributed by atoms with Crippen LogP contribution in [-0.2, 0) is 14.3 Å². The van der Waals surface area contributed by atoms with Crippen molar-refractivity contribution in [1.29, 1.82) is 0 Å². The van der Waals surface area contributed by atoms with Crippen LogP contribution in [-0.4, -0.2) is 35.8 Å². The molecule has 0 fully saturated rings. The van der Waals surface area contributed by atoms with Crippen molar-refractivity contribution in [1.82, 2.24) is 5.32 Å². The third-order valence-electron chi connectivity index (χ3n) is 2.66. The Hall–Kier alpha value is -2.58. The van der Waals surface area contributed by atoms with Crippen molar-refractivity contribution in [2.45, 2.75) is 19.1 Å². The van der Waals surface area contributed by atoms with E-state index in [-0.39, 0.29) is 24.2 Å². The molecule has 1 amide bonds. The summed E-state index contributed by atoms with van der Waals surface area (Å²) in [5.41, 5.74) is -0.676. The average Bonchev–Trinajstić information content (AvgIpc) is 2.46. The number of hydrogen-bond donors (Lipinski definition) is 2. The predicted molar refractivity (Wildman–Crippen MR) is 71.8 cm³/mol. The van der Waals surface area contributed by atoms with Crippen LogP contribution in [0.1, 0.15) is 12.5 Å². The third kappa shape index (κ3) is 4.97. The second-order valence-corrected chi connectivity index (χ2v) is 4.27. The van der Waals surface area contributed by atoms with Gasteiger partial charge in [0.2, 0.25) is 0 Å². The van der Waals surface area contributed by atoms with Gasteiger partial charge in [-0.15, -0.1) is 0 Å². The second-order valence-electron chi connectivity index (χ2n) is 4.27. The zero-order chi connectivity index (χ0) is 17.6. The first kappa shape index (κ1) is 18.5. The SMILES string of the molecule is CCOC(=O)C(NC(=O)C(F)(F)F)/C(=C/F)c1cccc(O)c1. The number of benzene rings is 1. The van der Waals surface area contributed by atoms with Gasteiger partial charge in [0.1, 0.15) is 5.75 Å². The van der Waals surface area contributed by atoms with Gasteiger partial charge in [-0.3, -0.25) is 4.79 Å². The Bertz CT molecular complexity index is 613. The fourth-order valence-corrected chi connectivity index (χ4v) is 1.68. The number of phenolic OH excluding ortho intramolecular Hbond substituents is 1. The minimum atomic E-state index is -5.26. The fraction of sp³-hybridized carbons (Fsp3) is 0.286. The molecule has 0 saturated heterocycles. The van der Waals surface area contributed by atoms with E-state index in [1.165, 1.54) is 30.4 Å². The van der Waals surface area contributed by atoms with E-state index in [1.54, 1.807) is 0 Å². The summed E-state index contributed by atoms with van der Waals surface area (Å²) in [7, 11) is 0. The molecule has 0 saturated carbocycles. The Morgan fingerprint density at radius 1 is 1.39 bits per heavy atom. The van der Waals surface area contributed by atoms with Gasteiger partial charge in [-0.2, -0.15) is 13.2 Å². The van der Waals surface area contributed by atoms with Crippen molar-refractivity contribution < 1.29 is 37.0 Å². The lowest BCUT2D eigenvalue weighted by Crippen LogP contribution is -2.48. The minimum Gasteiger partial charge on any atom is -0.508 e. The number of alkyl halides is 3. The van der Waals surface area contributed by atoms with Crippen LogP contribution in [0.2, 0.25) is 0 Å². The zero-order valence-corrected chi connectivity index (χ0v) is 11.9. The van der Waals surface area contributed by atoms with Gasteiger partial charge >= 0.3 is 18.1 Å². The van der Waals surface area contributed by atoms with E-state index in [0.29, 0.717) is 0 Å². The number of esters is 1. The summed E-state index contributed by atoms with van der Waals surface area (Å²) < 4.78 is 54.9. The molecule has 0 spiro atoms. The number of carbonyl (C=O) groups is 2. The van der Waals surface area contributed by atoms with Gasteiger partial charge in [0.25, 0.3) is 0 Å². The molecule has 0 aromatic heterocycles. The van der Waals surface area contributed by atoms with Crippen LogP contribution in [0.3, 0.4) is 0 Å². The van der Waals surface area contributed by atoms with Crippen molar-refractivity contribution >= 4 is 17.4 Å². The molecule has 1 rings (SSSR count). The van der Waals surface area contributed by atoms with E-state index >= 15 is 0 Å². The van der Waals surface area contributed by atoms with E-state index in [1.807, 2.05) is 0 Å². The number of rotatable bonds is 5. The first-order chi connectivity index (χ1) is 10.7. The van der Waals surface area contributed by atoms with E-state index in [2.05, 4.69) is 4.74 Å². The minimum absolute atomic E-state index is 0.0898. The molecule has 2 N–H and O–H groups in total. The van der Waals surface area contributed by atoms with Crippen LogP contribution in [0.15, 0.2) is 30.6 Å². The lowest BCUT2D eigenvalue weighted by atomic mass is 9.99. The largest absolute Gasteiger partial charge is 0.508 e. The van der Waals surface area contributed by atoms with Crippen LogP contribution in [0.5, 0.6) is 5.75 Å². The summed E-state index contributed by atoms with van der Waals surface area (Å²) in [6.45, 7) is 1.21. The van der Waals surface area contributed by atoms with Crippen LogP contribution >= 0.6 is 0 Å². The number of carbonyl (C=O) groups excluding carboxylic acids is 2. The number of ether oxygens (including phenoxy) is 1. The van der Waals surface area contributed by atoms with Gasteiger partial charge in [0.15, 0.2) is 6.04 Å². The summed E-state index contributed by atoms with van der Waals surface area (Å²) in [5, 5.41) is 10.7. The normalized spacial score (nSPS) is 13.3. The van der Waals surface area contributed by atoms with Gasteiger partial charge in [-0.1, -0.05) is 12.1 Å². The number of aromatic hydroxyl groups is 1. The highest BCUT2D eigenvalue weighted by molar-refractivity contribution is 5.97. The monoisotopic (exact) mass is 335 g/mol. The van der Waals surface area contributed by atoms with Crippen LogP contribution < -0.4 is 5.32 Å². The number of halogens is 4. The average molecular weight is 335 g/mol. The highest BCUT2D eigenvalue weighted by Gasteiger charge is 2.42. The predicted octanol–water partition coefficient (Wildman–Crippen LogP) is 2.31. The highest BCUT2D eigenvalue weighted by Crippen LogP contribution is 2.25. The summed E-state index contributed by atoms with van der Waals surface area (Å²) in [4.78, 5) is 22.8. The van der Waals surface area contributed by atoms with Crippen molar-refractivity contribution in [2.75, 3.05) is 6.61 Å². The standard InChI is InChI=1S/C14H13F4NO4/c1-2-23-12(21)11(19-13(22)14(16,17)18)10(7-15)8-4-3-5-9(20)6-8/h3-7,11,20H,2H2,1H3,(H,19,22)/b10-7+. The zero-order valence-electron chi connectivity index (χ0n) is 11.9. The van der Waals surface area contributed by atoms with Gasteiger partial charge in [-0.25, -0.2) is 9.18 Å². The topological polar surface area (TPSA) is 75.6 Å². The Morgan fingerprint density at radius 3 is 2.52 bits per heavy atom. The molecule has 1 unspecified atom stereocenters. The van der Waals surface area contributed by atoms with Crippen LogP contribution in [0.4, 0.5) is 17.6 Å². The summed E-state index contributed by atoms with van der Waals surface area (Å²) in [6, 6.07) is 2.79. The van der Waals surface area contributed by atoms with Crippen molar-refractivity contribution in [3.05, 3.63) is 36.2 Å². The highest BCUT2D eigenvalue weighted by atomic mass is 19.4. The van der Waals surface area contributed by atoms with Crippen LogP contribution in [0.25, 0.3) is 5.57 Å². The van der Waals surface area contributed by atoms with Crippen molar-refractivity contribution in [3.8, 4) is 5.75 Å². The molecular weight excluding hydrogens is 322 g/mol. The molecule has 0 aliphatic heterocycles. The molecule has 23 heavy (non-hydrogen) atoms. The number of amides is 1. The van der Waals surface area contributed by atoms with Gasteiger partial charge in [-0.05, 0) is 24.6 Å². The molecule has 9 heteroatoms. The van der Waals surface area contributed by atoms with E-state index < -0.39 is 29.7 Å². The third-order valence-corrected chi connectivity index (χ3v) is 2.66. The Balaban J connectivity index is 3.21. The molecule has 0 radical (unpaired) electrons. The number of hydrogen-bond acceptors (Lipinski definition) is 4. The van der Waals surface area contributed by atoms with Crippen LogP contribution in [0, 0.1) is 0 Å². The van der Waals surface area contributed by atoms with Gasteiger partial charge in [0, 0.05) is 5.57 Å². The molecule has 0 heterocycles. The quantitative estimate of drug-likeness (QED) is 0.640. The summed E-state index contributed by atoms with van der Waals surface area (Å²) in [6.07, 6.45) is -5.39. The Kier molecular flexibility index (Phi) is 6.11. The molecule has 0 aliphatic carbocycles. The van der Waals surface area contributed by atoms with E-state index in [9.17, 15) is 32.3 Å². The Morgan fingerprint density at radius 2 is 2.04 bits per heavy atom. The lowest BCUT2D eigenvalue weighted by molar-refractivity contribution is -0.175. The Labute approximate surface area is 128 Å². The number of phenols is 1. The van der Waals surface area contributed by atoms with E-state index in [4.69, 9.17) is 0 Å². The molecule has 0 bridgehead atoms. The van der Waals surface area contributed by atoms with Gasteiger partial charge < -0.3 is 15.2 Å². The molecule has 1 aromatic carbocycles. The fourth-order valence-electron chi connectivity index (χ4n) is 1.68. The van der Waals surface area contributed by atoms with Crippen molar-refractivity contribution in [2.24, 2.45) is 0 Å². The first-order valence-electron chi connectivity index (χ1n) is 6.34. The maximum absolute atomic E-state index is 13.2. The number of nitrogens with one attached hydrogen (secondary N) is 1. The maximum atomic E-state index is 13.2. The van der Waals surface area contributed by atoms with Gasteiger partial charge in [0.05, 0.1) is 12.9 Å². The second kappa shape index (κ2) is 7.61. The summed E-state index contributed by atoms with van der Waals surface area (Å²) >= 11 is 0. The summed E-state index contributed by atoms with van der Waals surface area (Å²) in [5.74, 6) is -3.99. The molecule has 0 aliphatic rings. The van der Waals surface area contributed by atoms with E-state index in [0.717, 1.165) is 6.07 Å². The molecule has 1 atom stereocenters. The lowest BCUT2D eigenvalue weighted by Gasteiger charge is -2.20. The maximum Gasteiger partial charge on any atom is 0.471 e. The smallest absolute Gasteiger partial charge is 0.471 e. The molecule has 1 aromatic rings. The first-order valence-corrected chi connectivity index (χ1v) is 6.34. The molecule has 126 valence electrons.